The largest absolute Gasteiger partial charge is 0.393 e. The van der Waals surface area contributed by atoms with Crippen molar-refractivity contribution in [1.82, 2.24) is 20.3 Å². The van der Waals surface area contributed by atoms with Gasteiger partial charge in [0.05, 0.1) is 24.2 Å². The van der Waals surface area contributed by atoms with Gasteiger partial charge in [-0.25, -0.2) is 4.68 Å². The Bertz CT molecular complexity index is 537. The SMILES string of the molecule is CCC(O)CCNC(=O)c1ccc(-n2ccnn2)cc1. The highest BCUT2D eigenvalue weighted by Crippen LogP contribution is 2.08. The topological polar surface area (TPSA) is 80.0 Å². The molecule has 1 amide bonds. The van der Waals surface area contributed by atoms with Crippen LogP contribution in [0.5, 0.6) is 0 Å². The predicted molar refractivity (Wildman–Crippen MR) is 74.6 cm³/mol. The van der Waals surface area contributed by atoms with Crippen molar-refractivity contribution in [3.63, 3.8) is 0 Å². The quantitative estimate of drug-likeness (QED) is 0.828. The summed E-state index contributed by atoms with van der Waals surface area (Å²) in [7, 11) is 0. The van der Waals surface area contributed by atoms with Crippen molar-refractivity contribution in [2.75, 3.05) is 6.54 Å². The third-order valence-corrected chi connectivity index (χ3v) is 3.05. The first-order valence-corrected chi connectivity index (χ1v) is 6.63. The highest BCUT2D eigenvalue weighted by atomic mass is 16.3. The molecule has 1 heterocycles. The fraction of sp³-hybridized carbons (Fsp3) is 0.357. The highest BCUT2D eigenvalue weighted by Gasteiger charge is 2.07. The molecule has 0 radical (unpaired) electrons. The van der Waals surface area contributed by atoms with Crippen LogP contribution in [0.3, 0.4) is 0 Å². The van der Waals surface area contributed by atoms with Gasteiger partial charge in [-0.15, -0.1) is 5.10 Å². The molecule has 1 aromatic heterocycles. The summed E-state index contributed by atoms with van der Waals surface area (Å²) < 4.78 is 1.62. The van der Waals surface area contributed by atoms with Crippen molar-refractivity contribution < 1.29 is 9.90 Å². The second kappa shape index (κ2) is 6.81. The van der Waals surface area contributed by atoms with Crippen LogP contribution in [0.15, 0.2) is 36.7 Å². The number of hydrogen-bond acceptors (Lipinski definition) is 4. The number of benzene rings is 1. The molecule has 2 N–H and O–H groups in total. The second-order valence-electron chi connectivity index (χ2n) is 4.50. The number of nitrogens with one attached hydrogen (secondary N) is 1. The summed E-state index contributed by atoms with van der Waals surface area (Å²) in [6.07, 6.45) is 4.24. The molecule has 0 aliphatic carbocycles. The Morgan fingerprint density at radius 3 is 2.75 bits per heavy atom. The van der Waals surface area contributed by atoms with Crippen LogP contribution < -0.4 is 5.32 Å². The number of aromatic nitrogens is 3. The molecule has 0 bridgehead atoms. The van der Waals surface area contributed by atoms with Crippen LogP contribution in [0.25, 0.3) is 5.69 Å². The van der Waals surface area contributed by atoms with Crippen LogP contribution in [0.1, 0.15) is 30.1 Å². The molecule has 20 heavy (non-hydrogen) atoms. The van der Waals surface area contributed by atoms with Crippen molar-refractivity contribution in [2.24, 2.45) is 0 Å². The molecular formula is C14H18N4O2. The number of nitrogens with zero attached hydrogens (tertiary/aromatic N) is 3. The Hall–Kier alpha value is -2.21. The molecule has 0 aliphatic heterocycles. The average Bonchev–Trinajstić information content (AvgIpc) is 3.01. The van der Waals surface area contributed by atoms with Crippen molar-refractivity contribution in [3.05, 3.63) is 42.2 Å². The number of carbonyl (C=O) groups excluding carboxylic acids is 1. The molecule has 1 atom stereocenters. The van der Waals surface area contributed by atoms with E-state index in [1.54, 1.807) is 29.2 Å². The Kier molecular flexibility index (Phi) is 4.84. The maximum Gasteiger partial charge on any atom is 0.251 e. The van der Waals surface area contributed by atoms with E-state index >= 15 is 0 Å². The van der Waals surface area contributed by atoms with Gasteiger partial charge in [-0.2, -0.15) is 0 Å². The lowest BCUT2D eigenvalue weighted by Gasteiger charge is -2.09. The van der Waals surface area contributed by atoms with Crippen molar-refractivity contribution in [1.29, 1.82) is 0 Å². The van der Waals surface area contributed by atoms with Gasteiger partial charge in [-0.05, 0) is 37.1 Å². The third-order valence-electron chi connectivity index (χ3n) is 3.05. The van der Waals surface area contributed by atoms with Gasteiger partial charge in [0, 0.05) is 12.1 Å². The van der Waals surface area contributed by atoms with Crippen molar-refractivity contribution in [2.45, 2.75) is 25.9 Å². The molecule has 6 heteroatoms. The third kappa shape index (κ3) is 3.64. The van der Waals surface area contributed by atoms with Gasteiger partial charge < -0.3 is 10.4 Å². The normalized spacial score (nSPS) is 12.1. The Balaban J connectivity index is 1.91. The molecule has 1 unspecified atom stereocenters. The minimum absolute atomic E-state index is 0.140. The minimum Gasteiger partial charge on any atom is -0.393 e. The van der Waals surface area contributed by atoms with E-state index in [9.17, 15) is 9.90 Å². The first kappa shape index (κ1) is 14.2. The number of amides is 1. The van der Waals surface area contributed by atoms with Crippen LogP contribution in [0.2, 0.25) is 0 Å². The summed E-state index contributed by atoms with van der Waals surface area (Å²) in [5.41, 5.74) is 1.43. The zero-order valence-electron chi connectivity index (χ0n) is 11.4. The summed E-state index contributed by atoms with van der Waals surface area (Å²) in [5, 5.41) is 19.8. The second-order valence-corrected chi connectivity index (χ2v) is 4.50. The molecule has 0 fully saturated rings. The summed E-state index contributed by atoms with van der Waals surface area (Å²) in [6.45, 7) is 2.38. The van der Waals surface area contributed by atoms with Gasteiger partial charge in [0.15, 0.2) is 0 Å². The number of rotatable bonds is 6. The highest BCUT2D eigenvalue weighted by molar-refractivity contribution is 5.94. The van der Waals surface area contributed by atoms with E-state index in [1.165, 1.54) is 0 Å². The van der Waals surface area contributed by atoms with Crippen molar-refractivity contribution >= 4 is 5.91 Å². The van der Waals surface area contributed by atoms with Gasteiger partial charge in [0.2, 0.25) is 0 Å². The lowest BCUT2D eigenvalue weighted by molar-refractivity contribution is 0.0942. The van der Waals surface area contributed by atoms with Gasteiger partial charge in [-0.1, -0.05) is 12.1 Å². The number of carbonyl (C=O) groups is 1. The summed E-state index contributed by atoms with van der Waals surface area (Å²) >= 11 is 0. The molecule has 106 valence electrons. The summed E-state index contributed by atoms with van der Waals surface area (Å²) in [6, 6.07) is 7.10. The van der Waals surface area contributed by atoms with Gasteiger partial charge in [0.25, 0.3) is 5.91 Å². The van der Waals surface area contributed by atoms with Crippen LogP contribution in [-0.2, 0) is 0 Å². The monoisotopic (exact) mass is 274 g/mol. The molecule has 2 aromatic rings. The van der Waals surface area contributed by atoms with Crippen LogP contribution in [-0.4, -0.2) is 38.7 Å². The van der Waals surface area contributed by atoms with Gasteiger partial charge >= 0.3 is 0 Å². The molecule has 2 rings (SSSR count). The fourth-order valence-corrected chi connectivity index (χ4v) is 1.77. The van der Waals surface area contributed by atoms with Crippen molar-refractivity contribution in [3.8, 4) is 5.69 Å². The molecule has 0 saturated heterocycles. The van der Waals surface area contributed by atoms with E-state index < -0.39 is 0 Å². The molecule has 6 nitrogen and oxygen atoms in total. The predicted octanol–water partition coefficient (Wildman–Crippen LogP) is 1.16. The first-order chi connectivity index (χ1) is 9.70. The summed E-state index contributed by atoms with van der Waals surface area (Å²) in [5.74, 6) is -0.140. The molecule has 0 saturated carbocycles. The molecular weight excluding hydrogens is 256 g/mol. The van der Waals surface area contributed by atoms with E-state index in [4.69, 9.17) is 0 Å². The lowest BCUT2D eigenvalue weighted by atomic mass is 10.1. The number of aliphatic hydroxyl groups is 1. The van der Waals surface area contributed by atoms with Gasteiger partial charge in [0.1, 0.15) is 0 Å². The first-order valence-electron chi connectivity index (χ1n) is 6.63. The minimum atomic E-state index is -0.356. The Morgan fingerprint density at radius 1 is 1.40 bits per heavy atom. The summed E-state index contributed by atoms with van der Waals surface area (Å²) in [4.78, 5) is 11.9. The van der Waals surface area contributed by atoms with E-state index in [0.717, 1.165) is 5.69 Å². The van der Waals surface area contributed by atoms with Crippen LogP contribution in [0, 0.1) is 0 Å². The van der Waals surface area contributed by atoms with E-state index in [2.05, 4.69) is 15.6 Å². The van der Waals surface area contributed by atoms with E-state index in [1.807, 2.05) is 19.1 Å². The smallest absolute Gasteiger partial charge is 0.251 e. The Morgan fingerprint density at radius 2 is 2.15 bits per heavy atom. The zero-order chi connectivity index (χ0) is 14.4. The molecule has 0 aliphatic rings. The number of hydrogen-bond donors (Lipinski definition) is 2. The lowest BCUT2D eigenvalue weighted by Crippen LogP contribution is -2.26. The van der Waals surface area contributed by atoms with Gasteiger partial charge in [-0.3, -0.25) is 4.79 Å². The zero-order valence-corrected chi connectivity index (χ0v) is 11.4. The maximum atomic E-state index is 11.9. The standard InChI is InChI=1S/C14H18N4O2/c1-2-13(19)7-8-15-14(20)11-3-5-12(6-4-11)18-10-9-16-17-18/h3-6,9-10,13,19H,2,7-8H2,1H3,(H,15,20). The molecule has 1 aromatic carbocycles. The van der Waals surface area contributed by atoms with Crippen LogP contribution in [0.4, 0.5) is 0 Å². The maximum absolute atomic E-state index is 11.9. The van der Waals surface area contributed by atoms with Crippen LogP contribution >= 0.6 is 0 Å². The fourth-order valence-electron chi connectivity index (χ4n) is 1.77. The molecule has 0 spiro atoms. The van der Waals surface area contributed by atoms with E-state index in [0.29, 0.717) is 24.9 Å². The van der Waals surface area contributed by atoms with E-state index in [-0.39, 0.29) is 12.0 Å². The average molecular weight is 274 g/mol. The Labute approximate surface area is 117 Å². The number of aliphatic hydroxyl groups excluding tert-OH is 1.